The highest BCUT2D eigenvalue weighted by Gasteiger charge is 2.26. The van der Waals surface area contributed by atoms with Gasteiger partial charge in [-0.3, -0.25) is 20.2 Å². The van der Waals surface area contributed by atoms with E-state index in [1.54, 1.807) is 26.0 Å². The lowest BCUT2D eigenvalue weighted by molar-refractivity contribution is -0.385. The molecule has 0 atom stereocenters. The van der Waals surface area contributed by atoms with E-state index < -0.39 is 27.2 Å². The monoisotopic (exact) mass is 554 g/mol. The number of nitrogens with zero attached hydrogens (tertiary/aromatic N) is 2. The number of carbonyl (C=O) groups is 2. The molecule has 4 aromatic rings. The quantitative estimate of drug-likeness (QED) is 0.0993. The van der Waals surface area contributed by atoms with Crippen molar-refractivity contribution in [2.75, 3.05) is 0 Å². The van der Waals surface area contributed by atoms with Crippen molar-refractivity contribution < 1.29 is 28.9 Å². The van der Waals surface area contributed by atoms with Gasteiger partial charge in [0.15, 0.2) is 0 Å². The Morgan fingerprint density at radius 2 is 1.02 bits per heavy atom. The lowest BCUT2D eigenvalue weighted by Gasteiger charge is -2.27. The van der Waals surface area contributed by atoms with E-state index in [2.05, 4.69) is 0 Å². The number of hydrogen-bond acceptors (Lipinski definition) is 8. The third-order valence-corrected chi connectivity index (χ3v) is 6.78. The van der Waals surface area contributed by atoms with Crippen LogP contribution in [-0.4, -0.2) is 21.8 Å². The number of nitro benzene ring substituents is 2. The van der Waals surface area contributed by atoms with Crippen LogP contribution in [0.2, 0.25) is 0 Å². The zero-order valence-electron chi connectivity index (χ0n) is 22.7. The molecule has 0 heterocycles. The summed E-state index contributed by atoms with van der Waals surface area (Å²) in [5.41, 5.74) is 2.54. The molecule has 208 valence electrons. The highest BCUT2D eigenvalue weighted by molar-refractivity contribution is 5.92. The Labute approximate surface area is 235 Å². The Kier molecular flexibility index (Phi) is 7.95. The summed E-state index contributed by atoms with van der Waals surface area (Å²) in [6.45, 7) is 7.66. The normalized spacial score (nSPS) is 11.0. The van der Waals surface area contributed by atoms with Crippen molar-refractivity contribution in [2.24, 2.45) is 0 Å². The maximum atomic E-state index is 12.6. The summed E-state index contributed by atoms with van der Waals surface area (Å²) in [4.78, 5) is 46.1. The number of nitro groups is 2. The molecule has 0 fully saturated rings. The van der Waals surface area contributed by atoms with Gasteiger partial charge in [0.05, 0.1) is 21.0 Å². The van der Waals surface area contributed by atoms with Gasteiger partial charge in [-0.1, -0.05) is 50.2 Å². The van der Waals surface area contributed by atoms with E-state index in [1.165, 1.54) is 48.5 Å². The van der Waals surface area contributed by atoms with Crippen molar-refractivity contribution in [1.82, 2.24) is 0 Å². The minimum atomic E-state index is -0.699. The van der Waals surface area contributed by atoms with Crippen molar-refractivity contribution in [3.05, 3.63) is 139 Å². The van der Waals surface area contributed by atoms with Crippen molar-refractivity contribution in [2.45, 2.75) is 33.1 Å². The maximum absolute atomic E-state index is 12.6. The Morgan fingerprint density at radius 3 is 1.37 bits per heavy atom. The van der Waals surface area contributed by atoms with Gasteiger partial charge in [0.2, 0.25) is 0 Å². The van der Waals surface area contributed by atoms with Gasteiger partial charge in [0.1, 0.15) is 11.5 Å². The van der Waals surface area contributed by atoms with Gasteiger partial charge in [-0.2, -0.15) is 0 Å². The Balaban J connectivity index is 1.51. The fourth-order valence-electron chi connectivity index (χ4n) is 4.28. The van der Waals surface area contributed by atoms with Gasteiger partial charge in [0.25, 0.3) is 11.4 Å². The molecule has 0 radical (unpaired) electrons. The first-order chi connectivity index (χ1) is 19.4. The molecule has 0 spiro atoms. The highest BCUT2D eigenvalue weighted by atomic mass is 16.6. The zero-order valence-corrected chi connectivity index (χ0v) is 22.7. The van der Waals surface area contributed by atoms with Crippen molar-refractivity contribution >= 4 is 23.3 Å². The summed E-state index contributed by atoms with van der Waals surface area (Å²) in [7, 11) is 0. The number of esters is 2. The number of hydrogen-bond donors (Lipinski definition) is 0. The van der Waals surface area contributed by atoms with Crippen LogP contribution in [0.4, 0.5) is 11.4 Å². The molecule has 0 aliphatic rings. The molecule has 4 rings (SSSR count). The Hall–Kier alpha value is -5.38. The van der Waals surface area contributed by atoms with Crippen LogP contribution < -0.4 is 9.47 Å². The summed E-state index contributed by atoms with van der Waals surface area (Å²) >= 11 is 0. The predicted molar refractivity (Wildman–Crippen MR) is 151 cm³/mol. The van der Waals surface area contributed by atoms with Gasteiger partial charge in [-0.15, -0.1) is 0 Å². The van der Waals surface area contributed by atoms with E-state index in [9.17, 15) is 29.8 Å². The molecular weight excluding hydrogens is 528 g/mol. The Morgan fingerprint density at radius 1 is 0.634 bits per heavy atom. The number of non-ortho nitro benzene ring substituents is 2. The first kappa shape index (κ1) is 28.6. The molecule has 41 heavy (non-hydrogen) atoms. The van der Waals surface area contributed by atoms with E-state index in [0.717, 1.165) is 11.1 Å². The molecule has 0 aliphatic heterocycles. The van der Waals surface area contributed by atoms with Crippen LogP contribution >= 0.6 is 0 Å². The predicted octanol–water partition coefficient (Wildman–Crippen LogP) is 6.88. The number of aryl methyl sites for hydroxylation is 2. The average molecular weight is 555 g/mol. The Bertz CT molecular complexity index is 1570. The minimum Gasteiger partial charge on any atom is -0.423 e. The second-order valence-electron chi connectivity index (χ2n) is 9.98. The van der Waals surface area contributed by atoms with Gasteiger partial charge < -0.3 is 9.47 Å². The lowest BCUT2D eigenvalue weighted by atomic mass is 9.77. The number of ether oxygens (including phenoxy) is 2. The van der Waals surface area contributed by atoms with E-state index >= 15 is 0 Å². The van der Waals surface area contributed by atoms with Crippen LogP contribution in [0, 0.1) is 34.1 Å². The van der Waals surface area contributed by atoms with Crippen LogP contribution in [0.15, 0.2) is 84.9 Å². The summed E-state index contributed by atoms with van der Waals surface area (Å²) < 4.78 is 11.0. The zero-order chi connectivity index (χ0) is 29.9. The molecule has 0 saturated carbocycles. The van der Waals surface area contributed by atoms with Crippen LogP contribution in [-0.2, 0) is 5.41 Å². The molecule has 0 unspecified atom stereocenters. The van der Waals surface area contributed by atoms with E-state index in [1.807, 2.05) is 38.1 Å². The highest BCUT2D eigenvalue weighted by Crippen LogP contribution is 2.36. The standard InChI is InChI=1S/C31H26N2O8/c1-19-15-23(11-13-27(19)40-29(34)21-7-5-9-25(17-21)32(36)37)31(3,4)24-12-14-28(20(2)16-24)41-30(35)22-8-6-10-26(18-22)33(38)39/h5-18H,1-4H3. The first-order valence-corrected chi connectivity index (χ1v) is 12.5. The van der Waals surface area contributed by atoms with E-state index in [4.69, 9.17) is 9.47 Å². The molecule has 0 amide bonds. The molecule has 4 aromatic carbocycles. The fourth-order valence-corrected chi connectivity index (χ4v) is 4.28. The van der Waals surface area contributed by atoms with Gasteiger partial charge in [-0.05, 0) is 60.4 Å². The first-order valence-electron chi connectivity index (χ1n) is 12.5. The number of rotatable bonds is 8. The molecule has 10 heteroatoms. The van der Waals surface area contributed by atoms with Gasteiger partial charge in [-0.25, -0.2) is 9.59 Å². The minimum absolute atomic E-state index is 0.0739. The van der Waals surface area contributed by atoms with Gasteiger partial charge >= 0.3 is 11.9 Å². The van der Waals surface area contributed by atoms with Crippen molar-refractivity contribution in [1.29, 1.82) is 0 Å². The molecule has 10 nitrogen and oxygen atoms in total. The maximum Gasteiger partial charge on any atom is 0.343 e. The average Bonchev–Trinajstić information content (AvgIpc) is 2.95. The van der Waals surface area contributed by atoms with E-state index in [0.29, 0.717) is 22.6 Å². The molecular formula is C31H26N2O8. The van der Waals surface area contributed by atoms with Gasteiger partial charge in [0, 0.05) is 29.7 Å². The molecule has 0 aromatic heterocycles. The van der Waals surface area contributed by atoms with Crippen molar-refractivity contribution in [3.8, 4) is 11.5 Å². The van der Waals surface area contributed by atoms with Crippen LogP contribution in [0.25, 0.3) is 0 Å². The summed E-state index contributed by atoms with van der Waals surface area (Å²) in [5.74, 6) is -0.731. The molecule has 0 bridgehead atoms. The fraction of sp³-hybridized carbons (Fsp3) is 0.161. The smallest absolute Gasteiger partial charge is 0.343 e. The third kappa shape index (κ3) is 6.27. The molecule has 0 saturated heterocycles. The van der Waals surface area contributed by atoms with Crippen molar-refractivity contribution in [3.63, 3.8) is 0 Å². The largest absolute Gasteiger partial charge is 0.423 e. The second-order valence-corrected chi connectivity index (χ2v) is 9.98. The number of carbonyl (C=O) groups excluding carboxylic acids is 2. The third-order valence-electron chi connectivity index (χ3n) is 6.78. The molecule has 0 N–H and O–H groups in total. The topological polar surface area (TPSA) is 139 Å². The summed E-state index contributed by atoms with van der Waals surface area (Å²) in [6, 6.07) is 21.6. The van der Waals surface area contributed by atoms with Crippen LogP contribution in [0.5, 0.6) is 11.5 Å². The van der Waals surface area contributed by atoms with Crippen LogP contribution in [0.1, 0.15) is 56.8 Å². The second kappa shape index (κ2) is 11.4. The van der Waals surface area contributed by atoms with E-state index in [-0.39, 0.29) is 22.5 Å². The summed E-state index contributed by atoms with van der Waals surface area (Å²) in [5, 5.41) is 22.0. The van der Waals surface area contributed by atoms with Crippen LogP contribution in [0.3, 0.4) is 0 Å². The molecule has 0 aliphatic carbocycles. The lowest BCUT2D eigenvalue weighted by Crippen LogP contribution is -2.20. The summed E-state index contributed by atoms with van der Waals surface area (Å²) in [6.07, 6.45) is 0. The SMILES string of the molecule is Cc1cc(C(C)(C)c2ccc(OC(=O)c3cccc([N+](=O)[O-])c3)c(C)c2)ccc1OC(=O)c1cccc([N+](=O)[O-])c1. The number of benzene rings is 4.